The molecule has 0 aliphatic heterocycles. The Morgan fingerprint density at radius 1 is 1.62 bits per heavy atom. The molecule has 1 amide bonds. The van der Waals surface area contributed by atoms with E-state index in [1.54, 1.807) is 6.92 Å². The first-order chi connectivity index (χ1) is 7.26. The topological polar surface area (TPSA) is 64.3 Å². The number of hydroxylamine groups is 1. The molecular formula is C9H15F3N2O2. The summed E-state index contributed by atoms with van der Waals surface area (Å²) >= 11 is 0. The lowest BCUT2D eigenvalue weighted by Gasteiger charge is -2.27. The molecule has 1 fully saturated rings. The molecule has 4 nitrogen and oxygen atoms in total. The Kier molecular flexibility index (Phi) is 3.80. The van der Waals surface area contributed by atoms with Crippen LogP contribution in [-0.2, 0) is 9.63 Å². The van der Waals surface area contributed by atoms with E-state index in [0.717, 1.165) is 6.42 Å². The van der Waals surface area contributed by atoms with E-state index in [2.05, 4.69) is 4.84 Å². The van der Waals surface area contributed by atoms with Crippen LogP contribution in [0.15, 0.2) is 0 Å². The average Bonchev–Trinajstić information content (AvgIpc) is 2.46. The van der Waals surface area contributed by atoms with Gasteiger partial charge in [0.05, 0.1) is 5.41 Å². The first-order valence-electron chi connectivity index (χ1n) is 5.00. The monoisotopic (exact) mass is 240 g/mol. The highest BCUT2D eigenvalue weighted by Gasteiger charge is 2.43. The van der Waals surface area contributed by atoms with E-state index in [9.17, 15) is 18.0 Å². The Labute approximate surface area is 91.3 Å². The Bertz CT molecular complexity index is 270. The maximum atomic E-state index is 11.8. The molecule has 2 atom stereocenters. The summed E-state index contributed by atoms with van der Waals surface area (Å²) in [7, 11) is 0. The van der Waals surface area contributed by atoms with Crippen molar-refractivity contribution in [1.82, 2.24) is 5.48 Å². The zero-order chi connectivity index (χ0) is 12.4. The third-order valence-corrected chi connectivity index (χ3v) is 2.95. The number of carbonyl (C=O) groups is 1. The van der Waals surface area contributed by atoms with Crippen LogP contribution in [0.3, 0.4) is 0 Å². The summed E-state index contributed by atoms with van der Waals surface area (Å²) in [5, 5.41) is 0. The van der Waals surface area contributed by atoms with Crippen molar-refractivity contribution in [1.29, 1.82) is 0 Å². The molecule has 0 aromatic carbocycles. The molecule has 1 aliphatic carbocycles. The third kappa shape index (κ3) is 3.08. The summed E-state index contributed by atoms with van der Waals surface area (Å²) in [5.74, 6) is -0.582. The van der Waals surface area contributed by atoms with E-state index in [1.165, 1.54) is 0 Å². The van der Waals surface area contributed by atoms with Gasteiger partial charge < -0.3 is 5.73 Å². The molecule has 0 radical (unpaired) electrons. The fourth-order valence-electron chi connectivity index (χ4n) is 1.78. The van der Waals surface area contributed by atoms with Crippen LogP contribution in [0.1, 0.15) is 26.2 Å². The number of rotatable bonds is 3. The second kappa shape index (κ2) is 4.58. The molecule has 0 aromatic heterocycles. The van der Waals surface area contributed by atoms with Gasteiger partial charge >= 0.3 is 6.18 Å². The number of nitrogens with two attached hydrogens (primary N) is 1. The van der Waals surface area contributed by atoms with Crippen molar-refractivity contribution in [3.05, 3.63) is 0 Å². The number of hydrogen-bond donors (Lipinski definition) is 2. The van der Waals surface area contributed by atoms with Crippen molar-refractivity contribution in [3.8, 4) is 0 Å². The van der Waals surface area contributed by atoms with Gasteiger partial charge in [0.25, 0.3) is 5.91 Å². The highest BCUT2D eigenvalue weighted by Crippen LogP contribution is 2.36. The zero-order valence-corrected chi connectivity index (χ0v) is 8.93. The second-order valence-corrected chi connectivity index (χ2v) is 4.25. The first kappa shape index (κ1) is 13.2. The van der Waals surface area contributed by atoms with Crippen molar-refractivity contribution >= 4 is 5.91 Å². The molecule has 1 rings (SSSR count). The molecule has 7 heteroatoms. The van der Waals surface area contributed by atoms with Gasteiger partial charge in [-0.3, -0.25) is 9.63 Å². The quantitative estimate of drug-likeness (QED) is 0.726. The van der Waals surface area contributed by atoms with Gasteiger partial charge in [0.1, 0.15) is 0 Å². The summed E-state index contributed by atoms with van der Waals surface area (Å²) in [4.78, 5) is 15.7. The van der Waals surface area contributed by atoms with E-state index >= 15 is 0 Å². The lowest BCUT2D eigenvalue weighted by atomic mass is 9.84. The highest BCUT2D eigenvalue weighted by atomic mass is 19.4. The minimum absolute atomic E-state index is 0.331. The Morgan fingerprint density at radius 2 is 2.25 bits per heavy atom. The Hall–Kier alpha value is -0.820. The number of hydrogen-bond acceptors (Lipinski definition) is 3. The van der Waals surface area contributed by atoms with Gasteiger partial charge in [-0.1, -0.05) is 6.42 Å². The van der Waals surface area contributed by atoms with Crippen LogP contribution in [0, 0.1) is 5.41 Å². The molecule has 0 bridgehead atoms. The maximum Gasteiger partial charge on any atom is 0.414 e. The van der Waals surface area contributed by atoms with E-state index in [-0.39, 0.29) is 6.04 Å². The Balaban J connectivity index is 2.41. The van der Waals surface area contributed by atoms with Crippen molar-refractivity contribution in [2.75, 3.05) is 6.61 Å². The summed E-state index contributed by atoms with van der Waals surface area (Å²) in [5.41, 5.74) is 6.72. The maximum absolute atomic E-state index is 11.8. The van der Waals surface area contributed by atoms with Gasteiger partial charge in [-0.05, 0) is 19.8 Å². The molecule has 0 heterocycles. The summed E-state index contributed by atoms with van der Waals surface area (Å²) < 4.78 is 35.3. The number of carbonyl (C=O) groups excluding carboxylic acids is 1. The first-order valence-corrected chi connectivity index (χ1v) is 5.00. The highest BCUT2D eigenvalue weighted by molar-refractivity contribution is 5.82. The van der Waals surface area contributed by atoms with Crippen LogP contribution in [0.5, 0.6) is 0 Å². The SMILES string of the molecule is CC1(C(=O)NOCC(F)(F)F)CCCC1N. The van der Waals surface area contributed by atoms with Gasteiger partial charge in [0.15, 0.2) is 6.61 Å². The number of nitrogens with one attached hydrogen (secondary N) is 1. The van der Waals surface area contributed by atoms with Gasteiger partial charge in [-0.25, -0.2) is 5.48 Å². The van der Waals surface area contributed by atoms with Gasteiger partial charge in [0, 0.05) is 6.04 Å². The predicted molar refractivity (Wildman–Crippen MR) is 50.1 cm³/mol. The second-order valence-electron chi connectivity index (χ2n) is 4.25. The number of alkyl halides is 3. The van der Waals surface area contributed by atoms with E-state index < -0.39 is 24.1 Å². The number of halogens is 3. The van der Waals surface area contributed by atoms with Crippen molar-refractivity contribution in [3.63, 3.8) is 0 Å². The molecule has 2 unspecified atom stereocenters. The fourth-order valence-corrected chi connectivity index (χ4v) is 1.78. The molecule has 1 saturated carbocycles. The van der Waals surface area contributed by atoms with E-state index in [0.29, 0.717) is 12.8 Å². The summed E-state index contributed by atoms with van der Waals surface area (Å²) in [6, 6.07) is -0.331. The standard InChI is InChI=1S/C9H15F3N2O2/c1-8(4-2-3-6(8)13)7(15)14-16-5-9(10,11)12/h6H,2-5,13H2,1H3,(H,14,15). The fraction of sp³-hybridized carbons (Fsp3) is 0.889. The number of amides is 1. The lowest BCUT2D eigenvalue weighted by Crippen LogP contribution is -2.47. The minimum atomic E-state index is -4.45. The zero-order valence-electron chi connectivity index (χ0n) is 8.93. The predicted octanol–water partition coefficient (Wildman–Crippen LogP) is 1.11. The van der Waals surface area contributed by atoms with E-state index in [4.69, 9.17) is 5.73 Å². The molecule has 3 N–H and O–H groups in total. The van der Waals surface area contributed by atoms with Crippen LogP contribution in [-0.4, -0.2) is 24.7 Å². The molecule has 0 aromatic rings. The van der Waals surface area contributed by atoms with Crippen molar-refractivity contribution in [2.24, 2.45) is 11.1 Å². The van der Waals surface area contributed by atoms with Gasteiger partial charge in [-0.15, -0.1) is 0 Å². The smallest absolute Gasteiger partial charge is 0.327 e. The molecule has 94 valence electrons. The van der Waals surface area contributed by atoms with Crippen molar-refractivity contribution in [2.45, 2.75) is 38.4 Å². The third-order valence-electron chi connectivity index (χ3n) is 2.95. The molecule has 16 heavy (non-hydrogen) atoms. The van der Waals surface area contributed by atoms with Gasteiger partial charge in [-0.2, -0.15) is 13.2 Å². The largest absolute Gasteiger partial charge is 0.414 e. The molecule has 0 spiro atoms. The van der Waals surface area contributed by atoms with Crippen LogP contribution in [0.4, 0.5) is 13.2 Å². The normalized spacial score (nSPS) is 30.4. The molecule has 1 aliphatic rings. The van der Waals surface area contributed by atoms with Crippen LogP contribution in [0.25, 0.3) is 0 Å². The van der Waals surface area contributed by atoms with Crippen LogP contribution in [0.2, 0.25) is 0 Å². The average molecular weight is 240 g/mol. The molecule has 0 saturated heterocycles. The Morgan fingerprint density at radius 3 is 2.69 bits per heavy atom. The summed E-state index contributed by atoms with van der Waals surface area (Å²) in [6.07, 6.45) is -2.39. The summed E-state index contributed by atoms with van der Waals surface area (Å²) in [6.45, 7) is 0.140. The van der Waals surface area contributed by atoms with Crippen LogP contribution >= 0.6 is 0 Å². The van der Waals surface area contributed by atoms with Crippen molar-refractivity contribution < 1.29 is 22.8 Å². The molecular weight excluding hydrogens is 225 g/mol. The lowest BCUT2D eigenvalue weighted by molar-refractivity contribution is -0.194. The van der Waals surface area contributed by atoms with E-state index in [1.807, 2.05) is 5.48 Å². The van der Waals surface area contributed by atoms with Crippen LogP contribution < -0.4 is 11.2 Å². The minimum Gasteiger partial charge on any atom is -0.327 e. The van der Waals surface area contributed by atoms with Gasteiger partial charge in [0.2, 0.25) is 0 Å².